The molecule has 3 unspecified atom stereocenters. The van der Waals surface area contributed by atoms with E-state index in [0.29, 0.717) is 11.3 Å². The minimum atomic E-state index is -1.43. The third-order valence-corrected chi connectivity index (χ3v) is 4.99. The van der Waals surface area contributed by atoms with E-state index in [4.69, 9.17) is 19.5 Å². The SMILES string of the molecule is C=[P+](C)COC(=O)NC(COc1ccc(C#N)cc1)(C[P+](=C)C)C(=O)OC. The van der Waals surface area contributed by atoms with E-state index < -0.39 is 32.7 Å². The zero-order valence-electron chi connectivity index (χ0n) is 15.7. The van der Waals surface area contributed by atoms with Gasteiger partial charge in [-0.15, -0.1) is 0 Å². The van der Waals surface area contributed by atoms with Gasteiger partial charge in [0.15, 0.2) is 0 Å². The van der Waals surface area contributed by atoms with Gasteiger partial charge < -0.3 is 14.2 Å². The molecule has 0 aliphatic rings. The van der Waals surface area contributed by atoms with Crippen LogP contribution in [0.5, 0.6) is 5.75 Å². The van der Waals surface area contributed by atoms with Crippen molar-refractivity contribution >= 4 is 39.8 Å². The molecule has 27 heavy (non-hydrogen) atoms. The number of carbonyl (C=O) groups is 2. The summed E-state index contributed by atoms with van der Waals surface area (Å²) in [6, 6.07) is 8.45. The van der Waals surface area contributed by atoms with Gasteiger partial charge in [-0.25, -0.2) is 9.59 Å². The van der Waals surface area contributed by atoms with Crippen LogP contribution in [0.4, 0.5) is 4.79 Å². The second-order valence-electron chi connectivity index (χ2n) is 6.05. The fourth-order valence-electron chi connectivity index (χ4n) is 2.18. The molecule has 1 amide bonds. The molecule has 0 heterocycles. The van der Waals surface area contributed by atoms with E-state index in [1.54, 1.807) is 24.3 Å². The van der Waals surface area contributed by atoms with Crippen LogP contribution in [0.15, 0.2) is 24.3 Å². The maximum atomic E-state index is 12.5. The Labute approximate surface area is 161 Å². The Morgan fingerprint density at radius 1 is 1.22 bits per heavy atom. The summed E-state index contributed by atoms with van der Waals surface area (Å²) < 4.78 is 15.7. The van der Waals surface area contributed by atoms with Crippen LogP contribution in [0.3, 0.4) is 0 Å². The van der Waals surface area contributed by atoms with Gasteiger partial charge in [0.25, 0.3) is 0 Å². The molecular formula is C18H24N2O5P2+2. The van der Waals surface area contributed by atoms with Gasteiger partial charge in [0, 0.05) is 0 Å². The number of rotatable bonds is 9. The van der Waals surface area contributed by atoms with E-state index in [9.17, 15) is 9.59 Å². The average Bonchev–Trinajstić information content (AvgIpc) is 2.63. The van der Waals surface area contributed by atoms with Crippen LogP contribution in [0, 0.1) is 11.3 Å². The minimum Gasteiger partial charge on any atom is -0.490 e. The minimum absolute atomic E-state index is 0.159. The Bertz CT molecular complexity index is 758. The molecular weight excluding hydrogens is 386 g/mol. The highest BCUT2D eigenvalue weighted by Gasteiger charge is 2.46. The standard InChI is InChI=1S/C18H23N2O5P2/c1-23-16(21)18(12-26(2)3,20-17(22)25-13-27(4)5)11-24-15-8-6-14(10-19)7-9-15/h6-9H,2,4,11-13H2,1,3,5H3/q+1/p+1. The monoisotopic (exact) mass is 410 g/mol. The number of hydrogen-bond acceptors (Lipinski definition) is 6. The van der Waals surface area contributed by atoms with Gasteiger partial charge in [-0.3, -0.25) is 5.32 Å². The largest absolute Gasteiger partial charge is 0.490 e. The lowest BCUT2D eigenvalue weighted by atomic mass is 10.0. The fraction of sp³-hybridized carbons (Fsp3) is 0.389. The van der Waals surface area contributed by atoms with Gasteiger partial charge in [-0.05, 0) is 24.3 Å². The number of nitrogens with one attached hydrogen (secondary N) is 1. The van der Waals surface area contributed by atoms with Crippen LogP contribution < -0.4 is 10.1 Å². The molecule has 1 aromatic carbocycles. The molecule has 0 saturated carbocycles. The number of nitriles is 1. The normalized spacial score (nSPS) is 13.4. The van der Waals surface area contributed by atoms with E-state index in [-0.39, 0.29) is 19.1 Å². The second kappa shape index (κ2) is 10.7. The molecule has 0 saturated heterocycles. The van der Waals surface area contributed by atoms with Crippen molar-refractivity contribution in [3.8, 4) is 11.8 Å². The number of methoxy groups -OCH3 is 1. The highest BCUT2D eigenvalue weighted by Crippen LogP contribution is 2.25. The van der Waals surface area contributed by atoms with E-state index in [1.807, 2.05) is 19.4 Å². The van der Waals surface area contributed by atoms with Crippen molar-refractivity contribution in [3.05, 3.63) is 29.8 Å². The second-order valence-corrected chi connectivity index (χ2v) is 10.1. The summed E-state index contributed by atoms with van der Waals surface area (Å²) in [6.45, 7) is 3.59. The van der Waals surface area contributed by atoms with Crippen molar-refractivity contribution in [1.29, 1.82) is 5.26 Å². The van der Waals surface area contributed by atoms with Crippen molar-refractivity contribution in [2.45, 2.75) is 5.54 Å². The van der Waals surface area contributed by atoms with Crippen molar-refractivity contribution < 1.29 is 23.8 Å². The first kappa shape index (κ1) is 22.6. The molecule has 0 spiro atoms. The van der Waals surface area contributed by atoms with E-state index in [0.717, 1.165) is 0 Å². The van der Waals surface area contributed by atoms with Crippen LogP contribution >= 0.6 is 15.1 Å². The molecule has 0 aromatic heterocycles. The number of carbonyl (C=O) groups excluding carboxylic acids is 2. The lowest BCUT2D eigenvalue weighted by Gasteiger charge is -2.28. The first-order chi connectivity index (χ1) is 12.7. The first-order valence-electron chi connectivity index (χ1n) is 7.92. The van der Waals surface area contributed by atoms with Gasteiger partial charge in [0.05, 0.1) is 52.2 Å². The lowest BCUT2D eigenvalue weighted by molar-refractivity contribution is -0.148. The molecule has 0 aliphatic heterocycles. The van der Waals surface area contributed by atoms with Gasteiger partial charge in [-0.1, -0.05) is 0 Å². The summed E-state index contributed by atoms with van der Waals surface area (Å²) in [7, 11) is -0.250. The van der Waals surface area contributed by atoms with Crippen LogP contribution in [-0.2, 0) is 14.3 Å². The van der Waals surface area contributed by atoms with Crippen LogP contribution in [0.1, 0.15) is 5.56 Å². The van der Waals surface area contributed by atoms with Crippen LogP contribution in [0.2, 0.25) is 0 Å². The number of alkyl carbamates (subject to hydrolysis) is 1. The summed E-state index contributed by atoms with van der Waals surface area (Å²) in [6.07, 6.45) is 7.48. The third kappa shape index (κ3) is 7.38. The van der Waals surface area contributed by atoms with Crippen LogP contribution in [-0.4, -0.2) is 69.8 Å². The number of hydrogen-bond donors (Lipinski definition) is 1. The first-order valence-corrected chi connectivity index (χ1v) is 12.2. The molecule has 0 radical (unpaired) electrons. The van der Waals surface area contributed by atoms with Gasteiger partial charge >= 0.3 is 12.1 Å². The Balaban J connectivity index is 3.03. The Kier molecular flexibility index (Phi) is 8.94. The molecule has 7 nitrogen and oxygen atoms in total. The molecule has 1 rings (SSSR count). The van der Waals surface area contributed by atoms with Gasteiger partial charge in [-0.2, -0.15) is 5.26 Å². The summed E-state index contributed by atoms with van der Waals surface area (Å²) in [5, 5.41) is 11.5. The highest BCUT2D eigenvalue weighted by atomic mass is 31.1. The van der Waals surface area contributed by atoms with Crippen molar-refractivity contribution in [2.24, 2.45) is 0 Å². The Hall–Kier alpha value is -2.41. The number of benzene rings is 1. The van der Waals surface area contributed by atoms with Crippen molar-refractivity contribution in [2.75, 3.05) is 39.6 Å². The summed E-state index contributed by atoms with van der Waals surface area (Å²) in [5.41, 5.74) is -0.943. The van der Waals surface area contributed by atoms with Gasteiger partial charge in [0.1, 0.15) is 26.1 Å². The van der Waals surface area contributed by atoms with Crippen molar-refractivity contribution in [3.63, 3.8) is 0 Å². The molecule has 1 N–H and O–H groups in total. The van der Waals surface area contributed by atoms with E-state index in [1.165, 1.54) is 7.11 Å². The third-order valence-electron chi connectivity index (χ3n) is 3.34. The smallest absolute Gasteiger partial charge is 0.411 e. The average molecular weight is 410 g/mol. The van der Waals surface area contributed by atoms with E-state index >= 15 is 0 Å². The molecule has 3 atom stereocenters. The molecule has 1 aromatic rings. The summed E-state index contributed by atoms with van der Waals surface area (Å²) in [4.78, 5) is 24.7. The molecule has 9 heteroatoms. The number of nitrogens with zero attached hydrogens (tertiary/aromatic N) is 1. The van der Waals surface area contributed by atoms with Crippen LogP contribution in [0.25, 0.3) is 0 Å². The Morgan fingerprint density at radius 2 is 1.85 bits per heavy atom. The van der Waals surface area contributed by atoms with Crippen molar-refractivity contribution in [1.82, 2.24) is 5.32 Å². The predicted octanol–water partition coefficient (Wildman–Crippen LogP) is 2.62. The molecule has 0 fully saturated rings. The molecule has 144 valence electrons. The highest BCUT2D eigenvalue weighted by molar-refractivity contribution is 7.55. The fourth-order valence-corrected chi connectivity index (χ4v) is 3.74. The molecule has 0 bridgehead atoms. The predicted molar refractivity (Wildman–Crippen MR) is 111 cm³/mol. The van der Waals surface area contributed by atoms with Gasteiger partial charge in [0.2, 0.25) is 11.9 Å². The van der Waals surface area contributed by atoms with E-state index in [2.05, 4.69) is 17.9 Å². The number of esters is 1. The number of amides is 1. The zero-order valence-corrected chi connectivity index (χ0v) is 17.5. The lowest BCUT2D eigenvalue weighted by Crippen LogP contribution is -2.61. The maximum absolute atomic E-state index is 12.5. The molecule has 0 aliphatic carbocycles. The summed E-state index contributed by atoms with van der Waals surface area (Å²) >= 11 is 0. The summed E-state index contributed by atoms with van der Waals surface area (Å²) in [5.74, 6) is -0.184. The maximum Gasteiger partial charge on any atom is 0.411 e. The number of ether oxygens (including phenoxy) is 3. The topological polar surface area (TPSA) is 97.6 Å². The quantitative estimate of drug-likeness (QED) is 0.497. The Morgan fingerprint density at radius 3 is 2.33 bits per heavy atom. The zero-order chi connectivity index (χ0) is 20.4.